The lowest BCUT2D eigenvalue weighted by Gasteiger charge is -2.47. The highest BCUT2D eigenvalue weighted by molar-refractivity contribution is 6.03. The van der Waals surface area contributed by atoms with Gasteiger partial charge in [0.15, 0.2) is 11.7 Å². The van der Waals surface area contributed by atoms with Gasteiger partial charge in [-0.05, 0) is 60.2 Å². The smallest absolute Gasteiger partial charge is 0.335 e. The van der Waals surface area contributed by atoms with E-state index in [0.29, 0.717) is 24.6 Å². The number of aliphatic imine (C=N–C) groups is 1. The highest BCUT2D eigenvalue weighted by Gasteiger charge is 2.58. The van der Waals surface area contributed by atoms with Gasteiger partial charge < -0.3 is 55.9 Å². The molecule has 1 saturated heterocycles. The summed E-state index contributed by atoms with van der Waals surface area (Å²) in [5, 5.41) is 67.8. The number of aromatic hydroxyl groups is 1. The molecule has 14 nitrogen and oxygen atoms in total. The first-order chi connectivity index (χ1) is 24.8. The van der Waals surface area contributed by atoms with Crippen LogP contribution in [0.15, 0.2) is 59.1 Å². The molecule has 1 unspecified atom stereocenters. The molecule has 282 valence electrons. The van der Waals surface area contributed by atoms with Crippen molar-refractivity contribution in [1.82, 2.24) is 5.32 Å². The van der Waals surface area contributed by atoms with Crippen molar-refractivity contribution in [2.75, 3.05) is 19.6 Å². The summed E-state index contributed by atoms with van der Waals surface area (Å²) in [6.45, 7) is 5.08. The SMILES string of the molecule is CCCCCC[C@H](C)[C@H](CNC[C@]1(O)[C@H](Oc2ccc3c(c2)OC(C(N)=O)C(c2ccc(O)cc2)=C3O)O[C@H](C(=O)O)[C@@H](O)[C@@H]1O)CC1=CCN=C1. The van der Waals surface area contributed by atoms with E-state index in [0.717, 1.165) is 37.7 Å². The van der Waals surface area contributed by atoms with Crippen LogP contribution >= 0.6 is 0 Å². The largest absolute Gasteiger partial charge is 0.508 e. The number of aliphatic hydroxyl groups excluding tert-OH is 3. The molecule has 2 aromatic rings. The number of aliphatic hydroxyl groups is 4. The maximum absolute atomic E-state index is 12.5. The number of ether oxygens (including phenoxy) is 3. The second-order valence-electron chi connectivity index (χ2n) is 13.8. The number of phenolic OH excluding ortho intramolecular Hbond substituents is 1. The number of phenols is 1. The Labute approximate surface area is 302 Å². The number of nitrogens with two attached hydrogens (primary N) is 1. The highest BCUT2D eigenvalue weighted by Crippen LogP contribution is 2.42. The normalized spacial score (nSPS) is 26.6. The zero-order valence-electron chi connectivity index (χ0n) is 29.4. The maximum atomic E-state index is 12.5. The molecule has 8 atom stereocenters. The summed E-state index contributed by atoms with van der Waals surface area (Å²) in [5.74, 6) is -2.42. The van der Waals surface area contributed by atoms with Gasteiger partial charge >= 0.3 is 5.97 Å². The van der Waals surface area contributed by atoms with E-state index in [9.17, 15) is 40.2 Å². The van der Waals surface area contributed by atoms with Gasteiger partial charge in [0.05, 0.1) is 17.7 Å². The number of rotatable bonds is 17. The molecule has 0 radical (unpaired) electrons. The lowest BCUT2D eigenvalue weighted by atomic mass is 9.83. The molecular formula is C38H49N3O11. The Morgan fingerprint density at radius 1 is 1.12 bits per heavy atom. The van der Waals surface area contributed by atoms with Crippen molar-refractivity contribution in [3.8, 4) is 17.2 Å². The van der Waals surface area contributed by atoms with Crippen LogP contribution in [0, 0.1) is 11.8 Å². The lowest BCUT2D eigenvalue weighted by molar-refractivity contribution is -0.311. The van der Waals surface area contributed by atoms with E-state index >= 15 is 0 Å². The third-order valence-electron chi connectivity index (χ3n) is 10.1. The van der Waals surface area contributed by atoms with Crippen molar-refractivity contribution in [3.63, 3.8) is 0 Å². The Hall–Kier alpha value is -4.47. The van der Waals surface area contributed by atoms with Crippen LogP contribution in [-0.2, 0) is 14.3 Å². The molecule has 14 heteroatoms. The second kappa shape index (κ2) is 16.9. The van der Waals surface area contributed by atoms with Gasteiger partial charge in [0, 0.05) is 18.8 Å². The van der Waals surface area contributed by atoms with Crippen LogP contribution in [0.25, 0.3) is 11.3 Å². The highest BCUT2D eigenvalue weighted by atomic mass is 16.7. The molecular weight excluding hydrogens is 674 g/mol. The number of benzene rings is 2. The number of unbranched alkanes of at least 4 members (excludes halogenated alkanes) is 3. The van der Waals surface area contributed by atoms with Crippen molar-refractivity contribution in [3.05, 3.63) is 65.2 Å². The number of primary amides is 1. The standard InChI is InChI=1S/C38H49N3O11/c1-3-4-5-6-7-21(2)24(16-22-14-15-40-18-22)19-41-20-38(49)34(45)31(44)33(36(47)48)52-37(38)50-26-12-13-27-28(17-26)51-32(35(39)46)29(30(27)43)23-8-10-25(42)11-9-23/h8-14,17-18,21,24,31-34,37,41-45,49H,3-7,15-16,19-20H2,1-2H3,(H2,39,46)(H,47,48)/t21-,24-,31+,32?,33-,34-,37+,38+/m0/s1. The van der Waals surface area contributed by atoms with E-state index in [4.69, 9.17) is 19.9 Å². The summed E-state index contributed by atoms with van der Waals surface area (Å²) in [6, 6.07) is 9.87. The lowest BCUT2D eigenvalue weighted by Crippen LogP contribution is -2.71. The number of carbonyl (C=O) groups is 2. The number of amides is 1. The van der Waals surface area contributed by atoms with Crippen LogP contribution in [0.5, 0.6) is 17.2 Å². The fourth-order valence-corrected chi connectivity index (χ4v) is 6.92. The van der Waals surface area contributed by atoms with Crippen LogP contribution < -0.4 is 20.5 Å². The quantitative estimate of drug-likeness (QED) is 0.110. The summed E-state index contributed by atoms with van der Waals surface area (Å²) < 4.78 is 17.5. The van der Waals surface area contributed by atoms with Gasteiger partial charge in [0.1, 0.15) is 35.2 Å². The monoisotopic (exact) mass is 723 g/mol. The number of hydrogen-bond acceptors (Lipinski definition) is 12. The molecule has 0 saturated carbocycles. The van der Waals surface area contributed by atoms with Gasteiger partial charge in [-0.25, -0.2) is 4.79 Å². The number of nitrogens with zero attached hydrogens (tertiary/aromatic N) is 1. The molecule has 0 aromatic heterocycles. The first-order valence-electron chi connectivity index (χ1n) is 17.7. The van der Waals surface area contributed by atoms with Crippen molar-refractivity contribution in [2.24, 2.45) is 22.6 Å². The van der Waals surface area contributed by atoms with Gasteiger partial charge in [-0.2, -0.15) is 0 Å². The van der Waals surface area contributed by atoms with Gasteiger partial charge in [-0.1, -0.05) is 64.2 Å². The Bertz CT molecular complexity index is 1680. The van der Waals surface area contributed by atoms with Crippen LogP contribution in [-0.4, -0.2) is 105 Å². The molecule has 5 rings (SSSR count). The first kappa shape index (κ1) is 38.8. The zero-order valence-corrected chi connectivity index (χ0v) is 29.4. The minimum atomic E-state index is -2.34. The summed E-state index contributed by atoms with van der Waals surface area (Å²) in [6.07, 6.45) is 1.09. The third-order valence-corrected chi connectivity index (χ3v) is 10.1. The first-order valence-corrected chi connectivity index (χ1v) is 17.7. The molecule has 2 aromatic carbocycles. The van der Waals surface area contributed by atoms with E-state index in [2.05, 4.69) is 30.2 Å². The van der Waals surface area contributed by atoms with E-state index < -0.39 is 48.2 Å². The van der Waals surface area contributed by atoms with Gasteiger partial charge in [0.25, 0.3) is 5.91 Å². The minimum absolute atomic E-state index is 0.0188. The van der Waals surface area contributed by atoms with Gasteiger partial charge in [0.2, 0.25) is 12.4 Å². The van der Waals surface area contributed by atoms with E-state index in [1.807, 2.05) is 6.21 Å². The Balaban J connectivity index is 1.38. The second-order valence-corrected chi connectivity index (χ2v) is 13.8. The van der Waals surface area contributed by atoms with Crippen LogP contribution in [0.1, 0.15) is 63.5 Å². The summed E-state index contributed by atoms with van der Waals surface area (Å²) >= 11 is 0. The number of carbonyl (C=O) groups excluding carboxylic acids is 1. The molecule has 0 spiro atoms. The molecule has 3 aliphatic heterocycles. The summed E-state index contributed by atoms with van der Waals surface area (Å²) in [5.41, 5.74) is 5.06. The van der Waals surface area contributed by atoms with Crippen LogP contribution in [0.2, 0.25) is 0 Å². The summed E-state index contributed by atoms with van der Waals surface area (Å²) in [7, 11) is 0. The Morgan fingerprint density at radius 3 is 2.52 bits per heavy atom. The van der Waals surface area contributed by atoms with E-state index in [-0.39, 0.29) is 46.6 Å². The molecule has 1 amide bonds. The molecule has 9 N–H and O–H groups in total. The van der Waals surface area contributed by atoms with Gasteiger partial charge in [-0.3, -0.25) is 9.79 Å². The number of carboxylic acid groups (broad SMARTS) is 1. The molecule has 0 bridgehead atoms. The van der Waals surface area contributed by atoms with Crippen LogP contribution in [0.4, 0.5) is 0 Å². The third kappa shape index (κ3) is 8.59. The number of fused-ring (bicyclic) bond motifs is 1. The number of aliphatic carboxylic acids is 1. The van der Waals surface area contributed by atoms with E-state index in [1.54, 1.807) is 0 Å². The Kier molecular flexibility index (Phi) is 12.6. The fourth-order valence-electron chi connectivity index (χ4n) is 6.92. The van der Waals surface area contributed by atoms with Crippen molar-refractivity contribution in [2.45, 2.75) is 88.7 Å². The number of nitrogens with one attached hydrogen (secondary N) is 1. The van der Waals surface area contributed by atoms with Crippen molar-refractivity contribution < 1.29 is 54.4 Å². The molecule has 1 fully saturated rings. The van der Waals surface area contributed by atoms with E-state index in [1.165, 1.54) is 48.9 Å². The molecule has 3 heterocycles. The number of allylic oxidation sites excluding steroid dienone is 1. The number of carboxylic acids is 1. The molecule has 3 aliphatic rings. The van der Waals surface area contributed by atoms with Gasteiger partial charge in [-0.15, -0.1) is 0 Å². The zero-order chi connectivity index (χ0) is 37.6. The fraction of sp³-hybridized carbons (Fsp3) is 0.500. The average molecular weight is 724 g/mol. The maximum Gasteiger partial charge on any atom is 0.335 e. The predicted molar refractivity (Wildman–Crippen MR) is 192 cm³/mol. The topological polar surface area (TPSA) is 234 Å². The summed E-state index contributed by atoms with van der Waals surface area (Å²) in [4.78, 5) is 28.8. The van der Waals surface area contributed by atoms with Crippen LogP contribution in [0.3, 0.4) is 0 Å². The molecule has 52 heavy (non-hydrogen) atoms. The minimum Gasteiger partial charge on any atom is -0.508 e. The average Bonchev–Trinajstić information content (AvgIpc) is 3.63. The Morgan fingerprint density at radius 2 is 1.87 bits per heavy atom. The predicted octanol–water partition coefficient (Wildman–Crippen LogP) is 2.92. The number of hydrogen-bond donors (Lipinski definition) is 8. The van der Waals surface area contributed by atoms with Crippen molar-refractivity contribution in [1.29, 1.82) is 0 Å². The molecule has 0 aliphatic carbocycles. The van der Waals surface area contributed by atoms with Crippen molar-refractivity contribution >= 4 is 29.4 Å².